The zero-order chi connectivity index (χ0) is 13.0. The summed E-state index contributed by atoms with van der Waals surface area (Å²) >= 11 is 0. The molecule has 2 N–H and O–H groups in total. The van der Waals surface area contributed by atoms with E-state index in [1.807, 2.05) is 0 Å². The first-order valence-electron chi connectivity index (χ1n) is 7.17. The van der Waals surface area contributed by atoms with E-state index in [4.69, 9.17) is 0 Å². The number of hydrogen-bond donors (Lipinski definition) is 2. The van der Waals surface area contributed by atoms with E-state index in [0.29, 0.717) is 6.04 Å². The third kappa shape index (κ3) is 3.56. The standard InChI is InChI=1S/C16H26N2/c1-12-8-14(3)15(9-13(12)2)10-17-11-16-6-4-5-7-18-16/h8-9,16-18H,4-7,10-11H2,1-3H3. The van der Waals surface area contributed by atoms with Crippen LogP contribution >= 0.6 is 0 Å². The second-order valence-electron chi connectivity index (χ2n) is 5.64. The van der Waals surface area contributed by atoms with E-state index in [0.717, 1.165) is 13.1 Å². The highest BCUT2D eigenvalue weighted by molar-refractivity contribution is 5.36. The van der Waals surface area contributed by atoms with E-state index >= 15 is 0 Å². The van der Waals surface area contributed by atoms with E-state index in [1.165, 1.54) is 48.1 Å². The number of benzene rings is 1. The molecule has 0 spiro atoms. The van der Waals surface area contributed by atoms with Crippen LogP contribution in [0.25, 0.3) is 0 Å². The lowest BCUT2D eigenvalue weighted by Crippen LogP contribution is -2.41. The Morgan fingerprint density at radius 3 is 2.61 bits per heavy atom. The molecule has 2 heteroatoms. The van der Waals surface area contributed by atoms with Crippen LogP contribution in [0.4, 0.5) is 0 Å². The minimum absolute atomic E-state index is 0.672. The van der Waals surface area contributed by atoms with Crippen molar-refractivity contribution in [1.29, 1.82) is 0 Å². The first kappa shape index (κ1) is 13.6. The van der Waals surface area contributed by atoms with Crippen molar-refractivity contribution in [2.24, 2.45) is 0 Å². The summed E-state index contributed by atoms with van der Waals surface area (Å²) in [5.41, 5.74) is 5.63. The molecule has 0 radical (unpaired) electrons. The lowest BCUT2D eigenvalue weighted by molar-refractivity contribution is 0.383. The van der Waals surface area contributed by atoms with Crippen LogP contribution < -0.4 is 10.6 Å². The van der Waals surface area contributed by atoms with Gasteiger partial charge in [0.25, 0.3) is 0 Å². The van der Waals surface area contributed by atoms with Crippen molar-refractivity contribution in [3.8, 4) is 0 Å². The van der Waals surface area contributed by atoms with Gasteiger partial charge in [-0.2, -0.15) is 0 Å². The fourth-order valence-electron chi connectivity index (χ4n) is 2.69. The van der Waals surface area contributed by atoms with Crippen molar-refractivity contribution in [1.82, 2.24) is 10.6 Å². The van der Waals surface area contributed by atoms with Crippen molar-refractivity contribution < 1.29 is 0 Å². The molecule has 1 unspecified atom stereocenters. The third-order valence-electron chi connectivity index (χ3n) is 4.07. The zero-order valence-corrected chi connectivity index (χ0v) is 12.0. The highest BCUT2D eigenvalue weighted by Gasteiger charge is 2.11. The van der Waals surface area contributed by atoms with Crippen molar-refractivity contribution in [2.45, 2.75) is 52.6 Å². The lowest BCUT2D eigenvalue weighted by atomic mass is 10.0. The predicted molar refractivity (Wildman–Crippen MR) is 78.0 cm³/mol. The maximum absolute atomic E-state index is 3.60. The molecule has 1 atom stereocenters. The van der Waals surface area contributed by atoms with Crippen molar-refractivity contribution >= 4 is 0 Å². The molecule has 1 heterocycles. The quantitative estimate of drug-likeness (QED) is 0.853. The summed E-state index contributed by atoms with van der Waals surface area (Å²) in [5, 5.41) is 7.17. The van der Waals surface area contributed by atoms with Crippen LogP contribution in [-0.2, 0) is 6.54 Å². The smallest absolute Gasteiger partial charge is 0.0208 e. The Morgan fingerprint density at radius 2 is 1.89 bits per heavy atom. The Labute approximate surface area is 111 Å². The Bertz CT molecular complexity index is 392. The summed E-state index contributed by atoms with van der Waals surface area (Å²) in [6, 6.07) is 5.29. The van der Waals surface area contributed by atoms with Crippen LogP contribution in [0.5, 0.6) is 0 Å². The van der Waals surface area contributed by atoms with Crippen molar-refractivity contribution in [3.05, 3.63) is 34.4 Å². The molecule has 0 amide bonds. The lowest BCUT2D eigenvalue weighted by Gasteiger charge is -2.24. The number of rotatable bonds is 4. The summed E-state index contributed by atoms with van der Waals surface area (Å²) in [5.74, 6) is 0. The van der Waals surface area contributed by atoms with Crippen LogP contribution in [0.2, 0.25) is 0 Å². The van der Waals surface area contributed by atoms with Crippen molar-refractivity contribution in [2.75, 3.05) is 13.1 Å². The second kappa shape index (κ2) is 6.35. The first-order chi connectivity index (χ1) is 8.66. The van der Waals surface area contributed by atoms with E-state index in [-0.39, 0.29) is 0 Å². The fraction of sp³-hybridized carbons (Fsp3) is 0.625. The van der Waals surface area contributed by atoms with Crippen molar-refractivity contribution in [3.63, 3.8) is 0 Å². The average molecular weight is 246 g/mol. The summed E-state index contributed by atoms with van der Waals surface area (Å²) in [6.45, 7) is 9.86. The molecule has 1 aromatic carbocycles. The van der Waals surface area contributed by atoms with Crippen LogP contribution in [0, 0.1) is 20.8 Å². The van der Waals surface area contributed by atoms with Gasteiger partial charge in [0, 0.05) is 19.1 Å². The topological polar surface area (TPSA) is 24.1 Å². The summed E-state index contributed by atoms with van der Waals surface area (Å²) < 4.78 is 0. The van der Waals surface area contributed by atoms with E-state index in [2.05, 4.69) is 43.5 Å². The molecular formula is C16H26N2. The van der Waals surface area contributed by atoms with Crippen LogP contribution in [0.3, 0.4) is 0 Å². The highest BCUT2D eigenvalue weighted by atomic mass is 15.0. The van der Waals surface area contributed by atoms with Gasteiger partial charge in [0.1, 0.15) is 0 Å². The molecule has 0 saturated carbocycles. The molecular weight excluding hydrogens is 220 g/mol. The van der Waals surface area contributed by atoms with Gasteiger partial charge in [-0.25, -0.2) is 0 Å². The molecule has 0 aromatic heterocycles. The molecule has 0 bridgehead atoms. The second-order valence-corrected chi connectivity index (χ2v) is 5.64. The molecule has 1 saturated heterocycles. The Morgan fingerprint density at radius 1 is 1.11 bits per heavy atom. The maximum atomic E-state index is 3.60. The molecule has 18 heavy (non-hydrogen) atoms. The Hall–Kier alpha value is -0.860. The molecule has 1 fully saturated rings. The average Bonchev–Trinajstić information content (AvgIpc) is 2.37. The number of nitrogens with one attached hydrogen (secondary N) is 2. The van der Waals surface area contributed by atoms with Crippen LogP contribution in [0.1, 0.15) is 41.5 Å². The SMILES string of the molecule is Cc1cc(C)c(CNCC2CCCCN2)cc1C. The number of aryl methyl sites for hydroxylation is 3. The molecule has 1 aliphatic rings. The monoisotopic (exact) mass is 246 g/mol. The van der Waals surface area contributed by atoms with E-state index in [9.17, 15) is 0 Å². The van der Waals surface area contributed by atoms with Crippen LogP contribution in [0.15, 0.2) is 12.1 Å². The van der Waals surface area contributed by atoms with Gasteiger partial charge in [-0.3, -0.25) is 0 Å². The van der Waals surface area contributed by atoms with E-state index < -0.39 is 0 Å². The van der Waals surface area contributed by atoms with Gasteiger partial charge in [0.15, 0.2) is 0 Å². The third-order valence-corrected chi connectivity index (χ3v) is 4.07. The van der Waals surface area contributed by atoms with Gasteiger partial charge >= 0.3 is 0 Å². The van der Waals surface area contributed by atoms with Gasteiger partial charge in [0.2, 0.25) is 0 Å². The molecule has 1 aromatic rings. The predicted octanol–water partition coefficient (Wildman–Crippen LogP) is 2.84. The van der Waals surface area contributed by atoms with Gasteiger partial charge in [-0.05, 0) is 62.4 Å². The van der Waals surface area contributed by atoms with Crippen LogP contribution in [-0.4, -0.2) is 19.1 Å². The minimum atomic E-state index is 0.672. The molecule has 1 aliphatic heterocycles. The molecule has 2 nitrogen and oxygen atoms in total. The Balaban J connectivity index is 1.84. The molecule has 100 valence electrons. The zero-order valence-electron chi connectivity index (χ0n) is 12.0. The summed E-state index contributed by atoms with van der Waals surface area (Å²) in [4.78, 5) is 0. The minimum Gasteiger partial charge on any atom is -0.313 e. The molecule has 2 rings (SSSR count). The highest BCUT2D eigenvalue weighted by Crippen LogP contribution is 2.15. The normalized spacial score (nSPS) is 20.1. The molecule has 0 aliphatic carbocycles. The fourth-order valence-corrected chi connectivity index (χ4v) is 2.69. The Kier molecular flexibility index (Phi) is 4.79. The number of hydrogen-bond acceptors (Lipinski definition) is 2. The summed E-state index contributed by atoms with van der Waals surface area (Å²) in [6.07, 6.45) is 4.04. The maximum Gasteiger partial charge on any atom is 0.0208 e. The van der Waals surface area contributed by atoms with Gasteiger partial charge < -0.3 is 10.6 Å². The first-order valence-corrected chi connectivity index (χ1v) is 7.17. The van der Waals surface area contributed by atoms with Gasteiger partial charge in [0.05, 0.1) is 0 Å². The van der Waals surface area contributed by atoms with Gasteiger partial charge in [-0.1, -0.05) is 18.6 Å². The largest absolute Gasteiger partial charge is 0.313 e. The summed E-state index contributed by atoms with van der Waals surface area (Å²) in [7, 11) is 0. The number of piperidine rings is 1. The van der Waals surface area contributed by atoms with E-state index in [1.54, 1.807) is 0 Å². The van der Waals surface area contributed by atoms with Gasteiger partial charge in [-0.15, -0.1) is 0 Å².